The second kappa shape index (κ2) is 5.52. The lowest BCUT2D eigenvalue weighted by Gasteiger charge is -2.08. The van der Waals surface area contributed by atoms with Crippen LogP contribution in [0.3, 0.4) is 0 Å². The summed E-state index contributed by atoms with van der Waals surface area (Å²) in [7, 11) is 0. The Morgan fingerprint density at radius 1 is 0.652 bits per heavy atom. The normalized spacial score (nSPS) is 23.1. The van der Waals surface area contributed by atoms with Gasteiger partial charge in [-0.15, -0.1) is 0 Å². The Morgan fingerprint density at radius 2 is 1.04 bits per heavy atom. The first kappa shape index (κ1) is 14.0. The Balaban J connectivity index is 1.65. The second-order valence-corrected chi connectivity index (χ2v) is 5.49. The van der Waals surface area contributed by atoms with Crippen LogP contribution in [0.15, 0.2) is 48.5 Å². The highest BCUT2D eigenvalue weighted by atomic mass is 16.6. The van der Waals surface area contributed by atoms with Gasteiger partial charge in [0.1, 0.15) is 25.4 Å². The van der Waals surface area contributed by atoms with E-state index in [2.05, 4.69) is 0 Å². The van der Waals surface area contributed by atoms with Gasteiger partial charge in [0.2, 0.25) is 0 Å². The number of hydrogen-bond donors (Lipinski definition) is 0. The maximum absolute atomic E-state index is 11.9. The van der Waals surface area contributed by atoms with Gasteiger partial charge in [0.15, 0.2) is 0 Å². The summed E-state index contributed by atoms with van der Waals surface area (Å²) in [4.78, 5) is 23.8. The van der Waals surface area contributed by atoms with Crippen molar-refractivity contribution < 1.29 is 23.8 Å². The fourth-order valence-electron chi connectivity index (χ4n) is 2.67. The number of benzene rings is 2. The van der Waals surface area contributed by atoms with Gasteiger partial charge in [0, 0.05) is 0 Å². The van der Waals surface area contributed by atoms with Crippen molar-refractivity contribution >= 4 is 11.9 Å². The molecule has 0 N–H and O–H groups in total. The van der Waals surface area contributed by atoms with E-state index < -0.39 is 11.9 Å². The molecule has 1 fully saturated rings. The molecule has 5 aliphatic heterocycles. The highest BCUT2D eigenvalue weighted by molar-refractivity contribution is 5.90. The molecule has 5 heteroatoms. The molecule has 2 aromatic carbocycles. The van der Waals surface area contributed by atoms with Crippen molar-refractivity contribution in [2.75, 3.05) is 13.2 Å². The third kappa shape index (κ3) is 2.71. The Kier molecular flexibility index (Phi) is 3.35. The summed E-state index contributed by atoms with van der Waals surface area (Å²) in [5.74, 6) is -0.868. The first-order chi connectivity index (χ1) is 11.2. The van der Waals surface area contributed by atoms with Gasteiger partial charge in [-0.1, -0.05) is 24.3 Å². The lowest BCUT2D eigenvalue weighted by Crippen LogP contribution is -2.14. The lowest BCUT2D eigenvalue weighted by molar-refractivity contribution is 0.0265. The average molecular weight is 310 g/mol. The zero-order valence-electron chi connectivity index (χ0n) is 12.2. The molecule has 5 nitrogen and oxygen atoms in total. The topological polar surface area (TPSA) is 65.1 Å². The summed E-state index contributed by atoms with van der Waals surface area (Å²) in [6, 6.07) is 14.4. The predicted molar refractivity (Wildman–Crippen MR) is 80.0 cm³/mol. The summed E-state index contributed by atoms with van der Waals surface area (Å²) in [6.07, 6.45) is -0.0449. The maximum atomic E-state index is 11.9. The Hall–Kier alpha value is -2.66. The largest absolute Gasteiger partial charge is 0.458 e. The second-order valence-electron chi connectivity index (χ2n) is 5.49. The van der Waals surface area contributed by atoms with Gasteiger partial charge in [-0.05, 0) is 35.4 Å². The van der Waals surface area contributed by atoms with Crippen molar-refractivity contribution in [1.82, 2.24) is 0 Å². The van der Waals surface area contributed by atoms with Gasteiger partial charge in [0.05, 0.1) is 11.1 Å². The van der Waals surface area contributed by atoms with Crippen LogP contribution in [0, 0.1) is 0 Å². The quantitative estimate of drug-likeness (QED) is 0.553. The Bertz CT molecular complexity index is 682. The molecule has 0 aliphatic carbocycles. The fourth-order valence-corrected chi connectivity index (χ4v) is 2.67. The van der Waals surface area contributed by atoms with Crippen LogP contribution in [0.4, 0.5) is 0 Å². The molecule has 2 unspecified atom stereocenters. The fraction of sp³-hybridized carbons (Fsp3) is 0.222. The third-order valence-corrected chi connectivity index (χ3v) is 3.99. The summed E-state index contributed by atoms with van der Waals surface area (Å²) in [6.45, 7) is 0.0520. The van der Waals surface area contributed by atoms with Crippen LogP contribution in [0.5, 0.6) is 0 Å². The zero-order chi connectivity index (χ0) is 15.8. The van der Waals surface area contributed by atoms with E-state index in [-0.39, 0.29) is 25.4 Å². The minimum absolute atomic E-state index is 0.0224. The van der Waals surface area contributed by atoms with Gasteiger partial charge >= 0.3 is 11.9 Å². The summed E-state index contributed by atoms with van der Waals surface area (Å²) in [5, 5.41) is 0. The molecule has 0 spiro atoms. The van der Waals surface area contributed by atoms with E-state index in [1.807, 2.05) is 24.3 Å². The van der Waals surface area contributed by atoms with Crippen LogP contribution in [0.2, 0.25) is 0 Å². The van der Waals surface area contributed by atoms with E-state index in [1.54, 1.807) is 24.3 Å². The van der Waals surface area contributed by atoms with E-state index in [9.17, 15) is 9.59 Å². The van der Waals surface area contributed by atoms with E-state index >= 15 is 0 Å². The number of carbonyl (C=O) groups is 2. The molecule has 0 amide bonds. The molecule has 0 aromatic heterocycles. The summed E-state index contributed by atoms with van der Waals surface area (Å²) in [5.41, 5.74) is 2.96. The van der Waals surface area contributed by atoms with Crippen molar-refractivity contribution in [2.45, 2.75) is 12.2 Å². The minimum Gasteiger partial charge on any atom is -0.458 e. The van der Waals surface area contributed by atoms with E-state index in [1.165, 1.54) is 0 Å². The van der Waals surface area contributed by atoms with Crippen molar-refractivity contribution in [1.29, 1.82) is 0 Å². The first-order valence-electron chi connectivity index (χ1n) is 7.42. The number of hydrogen-bond acceptors (Lipinski definition) is 5. The van der Waals surface area contributed by atoms with Gasteiger partial charge < -0.3 is 14.2 Å². The molecule has 0 radical (unpaired) electrons. The third-order valence-electron chi connectivity index (χ3n) is 3.99. The van der Waals surface area contributed by atoms with Crippen LogP contribution in [0.25, 0.3) is 0 Å². The van der Waals surface area contributed by atoms with Crippen LogP contribution in [-0.2, 0) is 14.2 Å². The van der Waals surface area contributed by atoms with Crippen LogP contribution in [0.1, 0.15) is 44.1 Å². The number of ether oxygens (including phenoxy) is 3. The Labute approximate surface area is 132 Å². The van der Waals surface area contributed by atoms with Crippen molar-refractivity contribution in [3.05, 3.63) is 70.8 Å². The first-order valence-corrected chi connectivity index (χ1v) is 7.42. The summed E-state index contributed by atoms with van der Waals surface area (Å²) < 4.78 is 15.9. The molecular formula is C18H14O5. The van der Waals surface area contributed by atoms with Gasteiger partial charge in [-0.3, -0.25) is 0 Å². The molecule has 23 heavy (non-hydrogen) atoms. The highest BCUT2D eigenvalue weighted by Crippen LogP contribution is 2.50. The molecule has 116 valence electrons. The average Bonchev–Trinajstić information content (AvgIpc) is 3.38. The molecule has 5 heterocycles. The van der Waals surface area contributed by atoms with Crippen LogP contribution >= 0.6 is 0 Å². The van der Waals surface area contributed by atoms with Gasteiger partial charge in [-0.25, -0.2) is 9.59 Å². The Morgan fingerprint density at radius 3 is 1.43 bits per heavy atom. The molecule has 0 saturated carbocycles. The number of esters is 2. The zero-order valence-corrected chi connectivity index (χ0v) is 12.2. The molecule has 7 rings (SSSR count). The van der Waals surface area contributed by atoms with Crippen LogP contribution < -0.4 is 0 Å². The molecule has 5 aliphatic rings. The minimum atomic E-state index is -0.434. The van der Waals surface area contributed by atoms with Gasteiger partial charge in [-0.2, -0.15) is 0 Å². The number of epoxide rings is 1. The number of carbonyl (C=O) groups excluding carboxylic acids is 2. The molecule has 2 aromatic rings. The van der Waals surface area contributed by atoms with Crippen molar-refractivity contribution in [3.8, 4) is 0 Å². The molecular weight excluding hydrogens is 296 g/mol. The smallest absolute Gasteiger partial charge is 0.338 e. The molecule has 1 saturated heterocycles. The lowest BCUT2D eigenvalue weighted by atomic mass is 10.0. The van der Waals surface area contributed by atoms with E-state index in [0.717, 1.165) is 11.1 Å². The molecule has 4 bridgehead atoms. The van der Waals surface area contributed by atoms with E-state index in [0.29, 0.717) is 11.1 Å². The van der Waals surface area contributed by atoms with E-state index in [4.69, 9.17) is 14.2 Å². The maximum Gasteiger partial charge on any atom is 0.338 e. The standard InChI is InChI=1S/C18H14O5/c19-17-13-5-1-11(2-6-13)15-16(23-15)12-3-7-14(8-4-12)18(20)22-10-9-21-17/h1-8,15-16H,9-10H2. The number of rotatable bonds is 0. The van der Waals surface area contributed by atoms with Gasteiger partial charge in [0.25, 0.3) is 0 Å². The van der Waals surface area contributed by atoms with Crippen molar-refractivity contribution in [2.24, 2.45) is 0 Å². The predicted octanol–water partition coefficient (Wildman–Crippen LogP) is 2.83. The summed E-state index contributed by atoms with van der Waals surface area (Å²) >= 11 is 0. The molecule has 2 atom stereocenters. The highest BCUT2D eigenvalue weighted by Gasteiger charge is 2.41. The van der Waals surface area contributed by atoms with Crippen molar-refractivity contribution in [3.63, 3.8) is 0 Å². The monoisotopic (exact) mass is 310 g/mol. The SMILES string of the molecule is O=C1OCCOC(=O)c2ccc(cc2)C2OC2c2ccc1cc2. The van der Waals surface area contributed by atoms with Crippen LogP contribution in [-0.4, -0.2) is 25.2 Å².